The van der Waals surface area contributed by atoms with Crippen LogP contribution in [-0.4, -0.2) is 17.9 Å². The largest absolute Gasteiger partial charge is 0.368 e. The molecule has 2 aromatic carbocycles. The summed E-state index contributed by atoms with van der Waals surface area (Å²) in [4.78, 5) is 23.6. The summed E-state index contributed by atoms with van der Waals surface area (Å²) in [6.45, 7) is 0. The molecule has 0 aromatic heterocycles. The van der Waals surface area contributed by atoms with E-state index in [1.54, 1.807) is 0 Å². The zero-order valence-corrected chi connectivity index (χ0v) is 14.7. The average molecular weight is 444 g/mol. The molecule has 0 fully saturated rings. The van der Waals surface area contributed by atoms with Gasteiger partial charge in [-0.1, -0.05) is 18.2 Å². The van der Waals surface area contributed by atoms with Gasteiger partial charge in [-0.05, 0) is 52.4 Å². The summed E-state index contributed by atoms with van der Waals surface area (Å²) < 4.78 is 28.2. The molecular weight excluding hydrogens is 429 g/mol. The smallest absolute Gasteiger partial charge is 0.240 e. The van der Waals surface area contributed by atoms with Crippen molar-refractivity contribution in [2.45, 2.75) is 18.9 Å². The molecule has 0 radical (unpaired) electrons. The number of carbonyl (C=O) groups excluding carboxylic acids is 2. The molecule has 24 heavy (non-hydrogen) atoms. The molecule has 0 aliphatic rings. The summed E-state index contributed by atoms with van der Waals surface area (Å²) in [5, 5.41) is 2.43. The lowest BCUT2D eigenvalue weighted by atomic mass is 10.0. The van der Waals surface area contributed by atoms with Crippen LogP contribution in [-0.2, 0) is 22.4 Å². The highest BCUT2D eigenvalue weighted by molar-refractivity contribution is 14.1. The van der Waals surface area contributed by atoms with Crippen LogP contribution in [0.1, 0.15) is 11.1 Å². The van der Waals surface area contributed by atoms with Crippen LogP contribution in [0.4, 0.5) is 8.78 Å². The van der Waals surface area contributed by atoms with E-state index in [1.165, 1.54) is 6.07 Å². The number of hydrogen-bond donors (Lipinski definition) is 2. The van der Waals surface area contributed by atoms with Crippen molar-refractivity contribution in [3.8, 4) is 0 Å². The van der Waals surface area contributed by atoms with Gasteiger partial charge in [-0.15, -0.1) is 0 Å². The minimum absolute atomic E-state index is 0.206. The molecule has 0 heterocycles. The highest BCUT2D eigenvalue weighted by Crippen LogP contribution is 2.13. The Hall–Kier alpha value is -2.03. The Morgan fingerprint density at radius 3 is 2.21 bits per heavy atom. The monoisotopic (exact) mass is 444 g/mol. The van der Waals surface area contributed by atoms with Crippen LogP contribution in [0.5, 0.6) is 0 Å². The van der Waals surface area contributed by atoms with Gasteiger partial charge in [-0.3, -0.25) is 9.59 Å². The number of nitrogens with one attached hydrogen (secondary N) is 1. The first-order chi connectivity index (χ1) is 11.4. The average Bonchev–Trinajstić information content (AvgIpc) is 2.52. The van der Waals surface area contributed by atoms with E-state index in [9.17, 15) is 18.4 Å². The molecule has 0 bridgehead atoms. The van der Waals surface area contributed by atoms with E-state index >= 15 is 0 Å². The van der Waals surface area contributed by atoms with Gasteiger partial charge in [0.15, 0.2) is 0 Å². The van der Waals surface area contributed by atoms with Crippen molar-refractivity contribution < 1.29 is 18.4 Å². The first kappa shape index (κ1) is 18.3. The number of nitrogens with two attached hydrogens (primary N) is 1. The molecule has 1 atom stereocenters. The first-order valence-corrected chi connectivity index (χ1v) is 8.20. The summed E-state index contributed by atoms with van der Waals surface area (Å²) in [6.07, 6.45) is -0.299. The Balaban J connectivity index is 2.06. The van der Waals surface area contributed by atoms with Gasteiger partial charge >= 0.3 is 0 Å². The SMILES string of the molecule is NC(=O)[C@H](Cc1ccc(I)cc1)NC(=O)Cc1c(F)cccc1F. The van der Waals surface area contributed by atoms with Crippen molar-refractivity contribution in [2.75, 3.05) is 0 Å². The topological polar surface area (TPSA) is 72.2 Å². The van der Waals surface area contributed by atoms with Gasteiger partial charge in [0.25, 0.3) is 0 Å². The van der Waals surface area contributed by atoms with E-state index in [2.05, 4.69) is 27.9 Å². The number of halogens is 3. The molecule has 2 amide bonds. The minimum Gasteiger partial charge on any atom is -0.368 e. The molecule has 0 spiro atoms. The standard InChI is InChI=1S/C17H15F2IN2O2/c18-13-2-1-3-14(19)12(13)9-16(23)22-15(17(21)24)8-10-4-6-11(20)7-5-10/h1-7,15H,8-9H2,(H2,21,24)(H,22,23)/t15-/m0/s1. The van der Waals surface area contributed by atoms with Crippen LogP contribution >= 0.6 is 22.6 Å². The van der Waals surface area contributed by atoms with Crippen LogP contribution in [0.2, 0.25) is 0 Å². The van der Waals surface area contributed by atoms with Crippen LogP contribution in [0, 0.1) is 15.2 Å². The number of amides is 2. The Morgan fingerprint density at radius 2 is 1.67 bits per heavy atom. The lowest BCUT2D eigenvalue weighted by Gasteiger charge is -2.16. The van der Waals surface area contributed by atoms with Crippen molar-refractivity contribution in [3.05, 3.63) is 68.8 Å². The molecule has 7 heteroatoms. The maximum Gasteiger partial charge on any atom is 0.240 e. The van der Waals surface area contributed by atoms with Gasteiger partial charge in [0.1, 0.15) is 17.7 Å². The zero-order valence-electron chi connectivity index (χ0n) is 12.6. The second kappa shape index (κ2) is 8.18. The van der Waals surface area contributed by atoms with Crippen molar-refractivity contribution >= 4 is 34.4 Å². The quantitative estimate of drug-likeness (QED) is 0.672. The fourth-order valence-electron chi connectivity index (χ4n) is 2.19. The van der Waals surface area contributed by atoms with Gasteiger partial charge < -0.3 is 11.1 Å². The molecule has 3 N–H and O–H groups in total. The number of rotatable bonds is 6. The third-order valence-electron chi connectivity index (χ3n) is 3.43. The van der Waals surface area contributed by atoms with Gasteiger partial charge in [-0.2, -0.15) is 0 Å². The van der Waals surface area contributed by atoms with Crippen molar-refractivity contribution in [1.29, 1.82) is 0 Å². The van der Waals surface area contributed by atoms with E-state index in [1.807, 2.05) is 24.3 Å². The highest BCUT2D eigenvalue weighted by atomic mass is 127. The molecule has 2 rings (SSSR count). The van der Waals surface area contributed by atoms with E-state index in [-0.39, 0.29) is 12.0 Å². The predicted molar refractivity (Wildman–Crippen MR) is 94.1 cm³/mol. The molecule has 126 valence electrons. The highest BCUT2D eigenvalue weighted by Gasteiger charge is 2.20. The number of benzene rings is 2. The Kier molecular flexibility index (Phi) is 6.24. The van der Waals surface area contributed by atoms with Gasteiger partial charge in [0.2, 0.25) is 11.8 Å². The molecule has 0 saturated carbocycles. The van der Waals surface area contributed by atoms with Crippen LogP contribution in [0.3, 0.4) is 0 Å². The minimum atomic E-state index is -0.951. The predicted octanol–water partition coefficient (Wildman–Crippen LogP) is 2.32. The van der Waals surface area contributed by atoms with Gasteiger partial charge in [-0.25, -0.2) is 8.78 Å². The summed E-state index contributed by atoms with van der Waals surface area (Å²) >= 11 is 2.15. The Bertz CT molecular complexity index is 731. The van der Waals surface area contributed by atoms with Crippen molar-refractivity contribution in [1.82, 2.24) is 5.32 Å². The maximum atomic E-state index is 13.6. The van der Waals surface area contributed by atoms with E-state index in [0.29, 0.717) is 0 Å². The van der Waals surface area contributed by atoms with E-state index in [4.69, 9.17) is 5.73 Å². The number of hydrogen-bond acceptors (Lipinski definition) is 2. The second-order valence-corrected chi connectivity index (χ2v) is 6.48. The lowest BCUT2D eigenvalue weighted by Crippen LogP contribution is -2.46. The van der Waals surface area contributed by atoms with E-state index < -0.39 is 35.9 Å². The third kappa shape index (κ3) is 4.98. The van der Waals surface area contributed by atoms with Gasteiger partial charge in [0.05, 0.1) is 6.42 Å². The second-order valence-electron chi connectivity index (χ2n) is 5.23. The maximum absolute atomic E-state index is 13.6. The van der Waals surface area contributed by atoms with Gasteiger partial charge in [0, 0.05) is 15.6 Å². The first-order valence-electron chi connectivity index (χ1n) is 7.13. The molecular formula is C17H15F2IN2O2. The Labute approximate surface area is 151 Å². The fourth-order valence-corrected chi connectivity index (χ4v) is 2.55. The zero-order chi connectivity index (χ0) is 17.7. The molecule has 0 aliphatic heterocycles. The molecule has 0 unspecified atom stereocenters. The van der Waals surface area contributed by atoms with Crippen molar-refractivity contribution in [2.24, 2.45) is 5.73 Å². The van der Waals surface area contributed by atoms with Crippen LogP contribution < -0.4 is 11.1 Å². The summed E-state index contributed by atoms with van der Waals surface area (Å²) in [5.74, 6) is -3.00. The molecule has 0 saturated heterocycles. The number of carbonyl (C=O) groups is 2. The third-order valence-corrected chi connectivity index (χ3v) is 4.15. The normalized spacial score (nSPS) is 11.8. The van der Waals surface area contributed by atoms with Crippen LogP contribution in [0.15, 0.2) is 42.5 Å². The molecule has 0 aliphatic carbocycles. The van der Waals surface area contributed by atoms with E-state index in [0.717, 1.165) is 21.3 Å². The van der Waals surface area contributed by atoms with Crippen LogP contribution in [0.25, 0.3) is 0 Å². The summed E-state index contributed by atoms with van der Waals surface area (Å²) in [7, 11) is 0. The summed E-state index contributed by atoms with van der Waals surface area (Å²) in [5.41, 5.74) is 5.79. The fraction of sp³-hybridized carbons (Fsp3) is 0.176. The Morgan fingerprint density at radius 1 is 1.08 bits per heavy atom. The van der Waals surface area contributed by atoms with Crippen molar-refractivity contribution in [3.63, 3.8) is 0 Å². The summed E-state index contributed by atoms with van der Waals surface area (Å²) in [6, 6.07) is 9.78. The number of primary amides is 1. The lowest BCUT2D eigenvalue weighted by molar-refractivity contribution is -0.127. The molecule has 2 aromatic rings. The molecule has 4 nitrogen and oxygen atoms in total.